The first-order valence-corrected chi connectivity index (χ1v) is 9.48. The van der Waals surface area contributed by atoms with Gasteiger partial charge in [0.05, 0.1) is 18.7 Å². The third-order valence-corrected chi connectivity index (χ3v) is 5.44. The van der Waals surface area contributed by atoms with Crippen molar-refractivity contribution < 1.29 is 18.7 Å². The van der Waals surface area contributed by atoms with Gasteiger partial charge >= 0.3 is 0 Å². The lowest BCUT2D eigenvalue weighted by Crippen LogP contribution is -2.46. The van der Waals surface area contributed by atoms with Gasteiger partial charge in [0.25, 0.3) is 5.91 Å². The molecule has 2 amide bonds. The van der Waals surface area contributed by atoms with Crippen LogP contribution in [-0.2, 0) is 4.79 Å². The number of thioether (sulfide) groups is 1. The van der Waals surface area contributed by atoms with E-state index < -0.39 is 5.82 Å². The van der Waals surface area contributed by atoms with Gasteiger partial charge in [-0.1, -0.05) is 0 Å². The van der Waals surface area contributed by atoms with Gasteiger partial charge in [0, 0.05) is 37.8 Å². The quantitative estimate of drug-likeness (QED) is 0.869. The summed E-state index contributed by atoms with van der Waals surface area (Å²) in [6.07, 6.45) is 0.703. The Morgan fingerprint density at radius 1 is 1.24 bits per heavy atom. The van der Waals surface area contributed by atoms with Crippen LogP contribution in [0.5, 0.6) is 5.75 Å². The van der Waals surface area contributed by atoms with Gasteiger partial charge < -0.3 is 14.5 Å². The molecule has 0 spiro atoms. The molecule has 6 nitrogen and oxygen atoms in total. The lowest BCUT2D eigenvalue weighted by molar-refractivity contribution is -0.132. The maximum absolute atomic E-state index is 13.5. The average Bonchev–Trinajstić information content (AvgIpc) is 3.05. The summed E-state index contributed by atoms with van der Waals surface area (Å²) in [4.78, 5) is 28.8. The van der Waals surface area contributed by atoms with E-state index in [2.05, 4.69) is 5.32 Å². The Morgan fingerprint density at radius 2 is 2.00 bits per heavy atom. The van der Waals surface area contributed by atoms with E-state index in [0.717, 1.165) is 11.6 Å². The first kappa shape index (κ1) is 18.0. The second-order valence-electron chi connectivity index (χ2n) is 6.09. The number of methoxy groups -OCH3 is 1. The summed E-state index contributed by atoms with van der Waals surface area (Å²) < 4.78 is 18.7. The number of ether oxygens (including phenoxy) is 1. The SMILES string of the molecule is COc1ccc(F)cc1C(=O)N1CCCN(C(=O)C2CSCN2)CC1. The largest absolute Gasteiger partial charge is 0.496 e. The zero-order chi connectivity index (χ0) is 17.8. The summed E-state index contributed by atoms with van der Waals surface area (Å²) in [5, 5.41) is 3.19. The number of nitrogens with one attached hydrogen (secondary N) is 1. The molecule has 0 bridgehead atoms. The lowest BCUT2D eigenvalue weighted by atomic mass is 10.1. The average molecular weight is 367 g/mol. The van der Waals surface area contributed by atoms with E-state index in [4.69, 9.17) is 4.74 Å². The molecular weight excluding hydrogens is 345 g/mol. The first-order chi connectivity index (χ1) is 12.1. The van der Waals surface area contributed by atoms with E-state index in [1.54, 1.807) is 16.7 Å². The van der Waals surface area contributed by atoms with Gasteiger partial charge in [0.15, 0.2) is 0 Å². The van der Waals surface area contributed by atoms with Gasteiger partial charge in [-0.15, -0.1) is 11.8 Å². The van der Waals surface area contributed by atoms with Gasteiger partial charge in [-0.05, 0) is 24.6 Å². The molecule has 2 saturated heterocycles. The van der Waals surface area contributed by atoms with Crippen molar-refractivity contribution in [3.63, 3.8) is 0 Å². The molecule has 2 heterocycles. The van der Waals surface area contributed by atoms with Crippen molar-refractivity contribution in [2.45, 2.75) is 12.5 Å². The van der Waals surface area contributed by atoms with Crippen LogP contribution in [0, 0.1) is 5.82 Å². The van der Waals surface area contributed by atoms with Gasteiger partial charge in [-0.3, -0.25) is 14.9 Å². The fourth-order valence-corrected chi connectivity index (χ4v) is 4.07. The minimum absolute atomic E-state index is 0.0997. The maximum Gasteiger partial charge on any atom is 0.257 e. The second-order valence-corrected chi connectivity index (χ2v) is 7.12. The monoisotopic (exact) mass is 367 g/mol. The number of nitrogens with zero attached hydrogens (tertiary/aromatic N) is 2. The van der Waals surface area contributed by atoms with Crippen molar-refractivity contribution in [1.29, 1.82) is 0 Å². The Morgan fingerprint density at radius 3 is 2.72 bits per heavy atom. The van der Waals surface area contributed by atoms with Crippen LogP contribution >= 0.6 is 11.8 Å². The van der Waals surface area contributed by atoms with Crippen molar-refractivity contribution in [3.8, 4) is 5.75 Å². The van der Waals surface area contributed by atoms with Gasteiger partial charge in [0.1, 0.15) is 11.6 Å². The van der Waals surface area contributed by atoms with Crippen LogP contribution in [0.15, 0.2) is 18.2 Å². The molecule has 2 aliphatic rings. The van der Waals surface area contributed by atoms with Gasteiger partial charge in [-0.25, -0.2) is 4.39 Å². The van der Waals surface area contributed by atoms with Crippen LogP contribution in [0.25, 0.3) is 0 Å². The predicted octanol–water partition coefficient (Wildman–Crippen LogP) is 1.17. The molecule has 8 heteroatoms. The fraction of sp³-hybridized carbons (Fsp3) is 0.529. The highest BCUT2D eigenvalue weighted by atomic mass is 32.2. The van der Waals surface area contributed by atoms with Gasteiger partial charge in [-0.2, -0.15) is 0 Å². The summed E-state index contributed by atoms with van der Waals surface area (Å²) >= 11 is 1.72. The molecule has 1 unspecified atom stereocenters. The van der Waals surface area contributed by atoms with E-state index in [9.17, 15) is 14.0 Å². The molecule has 1 atom stereocenters. The van der Waals surface area contributed by atoms with E-state index in [1.807, 2.05) is 4.90 Å². The molecule has 1 aromatic carbocycles. The number of halogens is 1. The number of amides is 2. The smallest absolute Gasteiger partial charge is 0.257 e. The van der Waals surface area contributed by atoms with Crippen molar-refractivity contribution in [2.75, 3.05) is 44.9 Å². The van der Waals surface area contributed by atoms with Crippen molar-refractivity contribution in [3.05, 3.63) is 29.6 Å². The van der Waals surface area contributed by atoms with E-state index in [0.29, 0.717) is 38.3 Å². The zero-order valence-corrected chi connectivity index (χ0v) is 15.0. The maximum atomic E-state index is 13.5. The van der Waals surface area contributed by atoms with E-state index >= 15 is 0 Å². The minimum Gasteiger partial charge on any atom is -0.496 e. The number of benzene rings is 1. The van der Waals surface area contributed by atoms with E-state index in [1.165, 1.54) is 25.3 Å². The first-order valence-electron chi connectivity index (χ1n) is 8.33. The number of carbonyl (C=O) groups excluding carboxylic acids is 2. The predicted molar refractivity (Wildman–Crippen MR) is 94.3 cm³/mol. The number of rotatable bonds is 3. The van der Waals surface area contributed by atoms with Crippen LogP contribution in [-0.4, -0.2) is 72.6 Å². The third kappa shape index (κ3) is 4.07. The summed E-state index contributed by atoms with van der Waals surface area (Å²) in [6, 6.07) is 3.80. The topological polar surface area (TPSA) is 61.9 Å². The Balaban J connectivity index is 1.67. The summed E-state index contributed by atoms with van der Waals surface area (Å²) in [6.45, 7) is 2.09. The molecule has 25 heavy (non-hydrogen) atoms. The second kappa shape index (κ2) is 8.05. The van der Waals surface area contributed by atoms with Crippen LogP contribution in [0.3, 0.4) is 0 Å². The number of hydrogen-bond acceptors (Lipinski definition) is 5. The highest BCUT2D eigenvalue weighted by Gasteiger charge is 2.30. The normalized spacial score (nSPS) is 21.1. The van der Waals surface area contributed by atoms with Crippen molar-refractivity contribution in [2.24, 2.45) is 0 Å². The fourth-order valence-electron chi connectivity index (χ4n) is 3.13. The molecule has 0 radical (unpaired) electrons. The van der Waals surface area contributed by atoms with Crippen molar-refractivity contribution >= 4 is 23.6 Å². The van der Waals surface area contributed by atoms with Crippen LogP contribution in [0.4, 0.5) is 4.39 Å². The standard InChI is InChI=1S/C17H22FN3O3S/c1-24-15-4-3-12(18)9-13(15)16(22)20-5-2-6-21(8-7-20)17(23)14-10-25-11-19-14/h3-4,9,14,19H,2,5-8,10-11H2,1H3. The Kier molecular flexibility index (Phi) is 5.80. The number of carbonyl (C=O) groups is 2. The Bertz CT molecular complexity index is 652. The highest BCUT2D eigenvalue weighted by Crippen LogP contribution is 2.22. The molecule has 2 aliphatic heterocycles. The molecule has 0 aromatic heterocycles. The van der Waals surface area contributed by atoms with Crippen LogP contribution in [0.1, 0.15) is 16.8 Å². The lowest BCUT2D eigenvalue weighted by Gasteiger charge is -2.24. The zero-order valence-electron chi connectivity index (χ0n) is 14.2. The molecule has 1 N–H and O–H groups in total. The molecule has 136 valence electrons. The molecule has 3 rings (SSSR count). The molecule has 2 fully saturated rings. The molecule has 0 aliphatic carbocycles. The highest BCUT2D eigenvalue weighted by molar-refractivity contribution is 7.99. The summed E-state index contributed by atoms with van der Waals surface area (Å²) in [5.74, 6) is 1.31. The summed E-state index contributed by atoms with van der Waals surface area (Å²) in [5.41, 5.74) is 0.219. The molecule has 1 aromatic rings. The molecule has 0 saturated carbocycles. The van der Waals surface area contributed by atoms with E-state index in [-0.39, 0.29) is 23.4 Å². The summed E-state index contributed by atoms with van der Waals surface area (Å²) in [7, 11) is 1.46. The van der Waals surface area contributed by atoms with Crippen LogP contribution < -0.4 is 10.1 Å². The minimum atomic E-state index is -0.472. The Labute approximate surface area is 150 Å². The van der Waals surface area contributed by atoms with Crippen LogP contribution in [0.2, 0.25) is 0 Å². The Hall–Kier alpha value is -1.80. The van der Waals surface area contributed by atoms with Crippen molar-refractivity contribution in [1.82, 2.24) is 15.1 Å². The number of hydrogen-bond donors (Lipinski definition) is 1. The molecular formula is C17H22FN3O3S. The van der Waals surface area contributed by atoms with Gasteiger partial charge in [0.2, 0.25) is 5.91 Å². The third-order valence-electron chi connectivity index (χ3n) is 4.50.